The van der Waals surface area contributed by atoms with Gasteiger partial charge in [0.1, 0.15) is 18.2 Å². The maximum absolute atomic E-state index is 5.88. The molecule has 1 heterocycles. The Morgan fingerprint density at radius 3 is 2.62 bits per heavy atom. The van der Waals surface area contributed by atoms with E-state index in [0.717, 1.165) is 42.2 Å². The van der Waals surface area contributed by atoms with Crippen molar-refractivity contribution >= 4 is 16.7 Å². The zero-order valence-corrected chi connectivity index (χ0v) is 14.4. The molecule has 0 atom stereocenters. The van der Waals surface area contributed by atoms with Crippen LogP contribution in [0.25, 0.3) is 11.0 Å². The number of aromatic nitrogens is 2. The van der Waals surface area contributed by atoms with E-state index in [-0.39, 0.29) is 0 Å². The van der Waals surface area contributed by atoms with Crippen molar-refractivity contribution in [1.29, 1.82) is 0 Å². The minimum atomic E-state index is 0.477. The van der Waals surface area contributed by atoms with Crippen LogP contribution in [0, 0.1) is 0 Å². The summed E-state index contributed by atoms with van der Waals surface area (Å²) in [6.07, 6.45) is 2.19. The number of nitrogens with two attached hydrogens (primary N) is 1. The summed E-state index contributed by atoms with van der Waals surface area (Å²) in [5.41, 5.74) is 8.76. The van der Waals surface area contributed by atoms with Gasteiger partial charge in [0.05, 0.1) is 17.6 Å². The van der Waals surface area contributed by atoms with Gasteiger partial charge in [0.15, 0.2) is 0 Å². The third-order valence-corrected chi connectivity index (χ3v) is 4.48. The molecule has 0 aliphatic carbocycles. The molecule has 0 fully saturated rings. The first-order chi connectivity index (χ1) is 11.7. The first-order valence-corrected chi connectivity index (χ1v) is 8.66. The van der Waals surface area contributed by atoms with E-state index in [1.54, 1.807) is 0 Å². The van der Waals surface area contributed by atoms with Crippen molar-refractivity contribution in [2.24, 2.45) is 0 Å². The number of fused-ring (bicyclic) bond motifs is 1. The molecule has 0 unspecified atom stereocenters. The van der Waals surface area contributed by atoms with E-state index in [0.29, 0.717) is 12.5 Å². The Morgan fingerprint density at radius 2 is 1.88 bits per heavy atom. The second-order valence-corrected chi connectivity index (χ2v) is 6.04. The summed E-state index contributed by atoms with van der Waals surface area (Å²) in [5, 5.41) is 0. The lowest BCUT2D eigenvalue weighted by atomic mass is 10.0. The van der Waals surface area contributed by atoms with E-state index >= 15 is 0 Å². The summed E-state index contributed by atoms with van der Waals surface area (Å²) in [7, 11) is 0. The molecule has 0 aliphatic heterocycles. The smallest absolute Gasteiger partial charge is 0.121 e. The molecule has 0 amide bonds. The summed E-state index contributed by atoms with van der Waals surface area (Å²) in [4.78, 5) is 4.88. The average Bonchev–Trinajstić information content (AvgIpc) is 2.95. The van der Waals surface area contributed by atoms with Gasteiger partial charge in [-0.25, -0.2) is 4.98 Å². The van der Waals surface area contributed by atoms with Gasteiger partial charge >= 0.3 is 0 Å². The summed E-state index contributed by atoms with van der Waals surface area (Å²) in [6, 6.07) is 15.9. The molecular weight excluding hydrogens is 298 g/mol. The van der Waals surface area contributed by atoms with Crippen LogP contribution in [0.2, 0.25) is 0 Å². The van der Waals surface area contributed by atoms with Crippen LogP contribution in [0.1, 0.15) is 38.4 Å². The Bertz CT molecular complexity index is 806. The fraction of sp³-hybridized carbons (Fsp3) is 0.350. The molecule has 4 nitrogen and oxygen atoms in total. The van der Waals surface area contributed by atoms with E-state index in [2.05, 4.69) is 36.6 Å². The van der Waals surface area contributed by atoms with Crippen LogP contribution in [0.4, 0.5) is 5.69 Å². The van der Waals surface area contributed by atoms with Gasteiger partial charge in [0.25, 0.3) is 0 Å². The molecule has 0 saturated carbocycles. The highest BCUT2D eigenvalue weighted by Gasteiger charge is 2.17. The van der Waals surface area contributed by atoms with E-state index in [1.807, 2.05) is 30.3 Å². The number of benzene rings is 2. The largest absolute Gasteiger partial charge is 0.492 e. The third kappa shape index (κ3) is 3.37. The second kappa shape index (κ2) is 7.39. The van der Waals surface area contributed by atoms with Gasteiger partial charge < -0.3 is 15.0 Å². The Kier molecular flexibility index (Phi) is 5.04. The van der Waals surface area contributed by atoms with Gasteiger partial charge in [-0.05, 0) is 37.1 Å². The molecule has 0 radical (unpaired) electrons. The number of ether oxygens (including phenoxy) is 1. The standard InChI is InChI=1S/C20H25N3O/c1-3-15(4-2)20-22-18-10-5-6-11-19(18)23(20)12-13-24-17-9-7-8-16(21)14-17/h5-11,14-15H,3-4,12-13,21H2,1-2H3. The van der Waals surface area contributed by atoms with Crippen molar-refractivity contribution in [2.45, 2.75) is 39.2 Å². The van der Waals surface area contributed by atoms with Crippen LogP contribution in [0.3, 0.4) is 0 Å². The maximum Gasteiger partial charge on any atom is 0.121 e. The number of nitrogen functional groups attached to an aromatic ring is 1. The summed E-state index contributed by atoms with van der Waals surface area (Å²) >= 11 is 0. The predicted octanol–water partition coefficient (Wildman–Crippen LogP) is 4.60. The zero-order chi connectivity index (χ0) is 16.9. The summed E-state index contributed by atoms with van der Waals surface area (Å²) < 4.78 is 8.19. The number of rotatable bonds is 7. The molecule has 2 aromatic carbocycles. The lowest BCUT2D eigenvalue weighted by Crippen LogP contribution is -2.13. The summed E-state index contributed by atoms with van der Waals surface area (Å²) in [6.45, 7) is 5.82. The van der Waals surface area contributed by atoms with Gasteiger partial charge in [-0.2, -0.15) is 0 Å². The van der Waals surface area contributed by atoms with Crippen molar-refractivity contribution in [3.05, 3.63) is 54.4 Å². The molecule has 4 heteroatoms. The number of imidazole rings is 1. The molecule has 3 rings (SSSR count). The maximum atomic E-state index is 5.88. The Hall–Kier alpha value is -2.49. The van der Waals surface area contributed by atoms with Crippen LogP contribution in [0.15, 0.2) is 48.5 Å². The average molecular weight is 323 g/mol. The highest BCUT2D eigenvalue weighted by Crippen LogP contribution is 2.26. The Morgan fingerprint density at radius 1 is 1.08 bits per heavy atom. The third-order valence-electron chi connectivity index (χ3n) is 4.48. The predicted molar refractivity (Wildman–Crippen MR) is 99.4 cm³/mol. The van der Waals surface area contributed by atoms with Crippen molar-refractivity contribution in [3.63, 3.8) is 0 Å². The van der Waals surface area contributed by atoms with Crippen LogP contribution < -0.4 is 10.5 Å². The number of para-hydroxylation sites is 2. The highest BCUT2D eigenvalue weighted by atomic mass is 16.5. The molecular formula is C20H25N3O. The molecule has 2 N–H and O–H groups in total. The van der Waals surface area contributed by atoms with E-state index in [4.69, 9.17) is 15.5 Å². The monoisotopic (exact) mass is 323 g/mol. The molecule has 0 aliphatic rings. The number of hydrogen-bond acceptors (Lipinski definition) is 3. The Labute approximate surface area is 143 Å². The first-order valence-electron chi connectivity index (χ1n) is 8.66. The molecule has 126 valence electrons. The van der Waals surface area contributed by atoms with Gasteiger partial charge in [0, 0.05) is 17.7 Å². The van der Waals surface area contributed by atoms with Crippen molar-refractivity contribution in [2.75, 3.05) is 12.3 Å². The molecule has 24 heavy (non-hydrogen) atoms. The van der Waals surface area contributed by atoms with Crippen molar-refractivity contribution in [3.8, 4) is 5.75 Å². The molecule has 0 spiro atoms. The number of anilines is 1. The quantitative estimate of drug-likeness (QED) is 0.646. The molecule has 0 bridgehead atoms. The molecule has 0 saturated heterocycles. The summed E-state index contributed by atoms with van der Waals surface area (Å²) in [5.74, 6) is 2.45. The van der Waals surface area contributed by atoms with Crippen LogP contribution in [0.5, 0.6) is 5.75 Å². The van der Waals surface area contributed by atoms with Gasteiger partial charge in [-0.3, -0.25) is 0 Å². The lowest BCUT2D eigenvalue weighted by molar-refractivity contribution is 0.296. The van der Waals surface area contributed by atoms with Crippen LogP contribution in [-0.4, -0.2) is 16.2 Å². The second-order valence-electron chi connectivity index (χ2n) is 6.04. The van der Waals surface area contributed by atoms with Gasteiger partial charge in [-0.15, -0.1) is 0 Å². The fourth-order valence-corrected chi connectivity index (χ4v) is 3.15. The SMILES string of the molecule is CCC(CC)c1nc2ccccc2n1CCOc1cccc(N)c1. The normalized spacial score (nSPS) is 11.3. The number of nitrogens with zero attached hydrogens (tertiary/aromatic N) is 2. The van der Waals surface area contributed by atoms with Crippen LogP contribution in [-0.2, 0) is 6.54 Å². The lowest BCUT2D eigenvalue weighted by Gasteiger charge is -2.16. The fourth-order valence-electron chi connectivity index (χ4n) is 3.15. The van der Waals surface area contributed by atoms with E-state index in [1.165, 1.54) is 5.52 Å². The highest BCUT2D eigenvalue weighted by molar-refractivity contribution is 5.76. The van der Waals surface area contributed by atoms with Crippen LogP contribution >= 0.6 is 0 Å². The minimum absolute atomic E-state index is 0.477. The molecule has 3 aromatic rings. The topological polar surface area (TPSA) is 53.1 Å². The van der Waals surface area contributed by atoms with Gasteiger partial charge in [-0.1, -0.05) is 32.0 Å². The van der Waals surface area contributed by atoms with Gasteiger partial charge in [0.2, 0.25) is 0 Å². The van der Waals surface area contributed by atoms with E-state index in [9.17, 15) is 0 Å². The zero-order valence-electron chi connectivity index (χ0n) is 14.4. The Balaban J connectivity index is 1.83. The number of hydrogen-bond donors (Lipinski definition) is 1. The minimum Gasteiger partial charge on any atom is -0.492 e. The first kappa shape index (κ1) is 16.4. The van der Waals surface area contributed by atoms with Crippen molar-refractivity contribution < 1.29 is 4.74 Å². The molecule has 1 aromatic heterocycles. The van der Waals surface area contributed by atoms with E-state index < -0.39 is 0 Å². The van der Waals surface area contributed by atoms with Crippen molar-refractivity contribution in [1.82, 2.24) is 9.55 Å².